The van der Waals surface area contributed by atoms with Crippen LogP contribution in [0.5, 0.6) is 5.75 Å². The molecular weight excluding hydrogens is 314 g/mol. The molecule has 0 amide bonds. The highest BCUT2D eigenvalue weighted by molar-refractivity contribution is 5.78. The number of nitrogens with two attached hydrogens (primary N) is 1. The molecular formula is C21H27NO3. The van der Waals surface area contributed by atoms with Gasteiger partial charge in [0.15, 0.2) is 0 Å². The summed E-state index contributed by atoms with van der Waals surface area (Å²) >= 11 is 0. The number of ether oxygens (including phenoxy) is 1. The van der Waals surface area contributed by atoms with Gasteiger partial charge in [0.1, 0.15) is 5.75 Å². The summed E-state index contributed by atoms with van der Waals surface area (Å²) in [6.45, 7) is 4.49. The second kappa shape index (κ2) is 9.11. The number of rotatable bonds is 9. The van der Waals surface area contributed by atoms with Gasteiger partial charge in [-0.2, -0.15) is 0 Å². The largest absolute Gasteiger partial charge is 0.491 e. The third kappa shape index (κ3) is 5.24. The summed E-state index contributed by atoms with van der Waals surface area (Å²) in [6.07, 6.45) is 3.29. The van der Waals surface area contributed by atoms with Crippen LogP contribution in [0, 0.1) is 5.92 Å². The van der Waals surface area contributed by atoms with Gasteiger partial charge in [0.05, 0.1) is 18.2 Å². The summed E-state index contributed by atoms with van der Waals surface area (Å²) in [7, 11) is 0. The number of unbranched alkanes of at least 4 members (excludes halogenated alkanes) is 1. The fraction of sp³-hybridized carbons (Fsp3) is 0.381. The maximum absolute atomic E-state index is 11.0. The standard InChI is InChI=1S/C21H27NO3/c1-3-4-12-25-20-18(17-8-6-5-7-9-17)13-16(14-19(20)22)11-10-15(2)21(23)24/h5-9,13-15H,3-4,10-12,22H2,1-2H3,(H,23,24). The van der Waals surface area contributed by atoms with Crippen molar-refractivity contribution in [3.8, 4) is 16.9 Å². The van der Waals surface area contributed by atoms with Gasteiger partial charge in [0.25, 0.3) is 0 Å². The normalized spacial score (nSPS) is 11.9. The monoisotopic (exact) mass is 341 g/mol. The van der Waals surface area contributed by atoms with Crippen LogP contribution in [0.2, 0.25) is 0 Å². The van der Waals surface area contributed by atoms with Crippen molar-refractivity contribution in [2.24, 2.45) is 5.92 Å². The van der Waals surface area contributed by atoms with Crippen LogP contribution in [0.25, 0.3) is 11.1 Å². The average molecular weight is 341 g/mol. The van der Waals surface area contributed by atoms with Crippen molar-refractivity contribution in [2.75, 3.05) is 12.3 Å². The molecule has 0 saturated heterocycles. The topological polar surface area (TPSA) is 72.5 Å². The van der Waals surface area contributed by atoms with Crippen molar-refractivity contribution in [1.82, 2.24) is 0 Å². The molecule has 0 aliphatic carbocycles. The molecule has 0 radical (unpaired) electrons. The SMILES string of the molecule is CCCCOc1c(N)cc(CCC(C)C(=O)O)cc1-c1ccccc1. The van der Waals surface area contributed by atoms with Crippen LogP contribution < -0.4 is 10.5 Å². The third-order valence-corrected chi connectivity index (χ3v) is 4.29. The lowest BCUT2D eigenvalue weighted by Gasteiger charge is -2.17. The Kier molecular flexibility index (Phi) is 6.87. The molecule has 1 unspecified atom stereocenters. The van der Waals surface area contributed by atoms with E-state index >= 15 is 0 Å². The summed E-state index contributed by atoms with van der Waals surface area (Å²) < 4.78 is 5.96. The van der Waals surface area contributed by atoms with Crippen molar-refractivity contribution in [3.05, 3.63) is 48.0 Å². The molecule has 0 bridgehead atoms. The lowest BCUT2D eigenvalue weighted by molar-refractivity contribution is -0.141. The van der Waals surface area contributed by atoms with E-state index in [0.717, 1.165) is 35.3 Å². The van der Waals surface area contributed by atoms with Gasteiger partial charge in [-0.3, -0.25) is 4.79 Å². The Labute approximate surface area is 149 Å². The van der Waals surface area contributed by atoms with E-state index in [0.29, 0.717) is 25.1 Å². The van der Waals surface area contributed by atoms with Crippen LogP contribution in [-0.2, 0) is 11.2 Å². The molecule has 2 aromatic rings. The predicted octanol–water partition coefficient (Wildman–Crippen LogP) is 4.77. The van der Waals surface area contributed by atoms with Crippen LogP contribution in [0.15, 0.2) is 42.5 Å². The zero-order chi connectivity index (χ0) is 18.2. The van der Waals surface area contributed by atoms with Gasteiger partial charge in [0, 0.05) is 5.56 Å². The summed E-state index contributed by atoms with van der Waals surface area (Å²) in [5.74, 6) is -0.424. The number of anilines is 1. The quantitative estimate of drug-likeness (QED) is 0.509. The Morgan fingerprint density at radius 3 is 2.60 bits per heavy atom. The van der Waals surface area contributed by atoms with Gasteiger partial charge in [-0.25, -0.2) is 0 Å². The molecule has 2 rings (SSSR count). The first-order chi connectivity index (χ1) is 12.0. The molecule has 0 aliphatic heterocycles. The van der Waals surface area contributed by atoms with E-state index < -0.39 is 5.97 Å². The number of carbonyl (C=O) groups is 1. The molecule has 0 fully saturated rings. The fourth-order valence-electron chi connectivity index (χ4n) is 2.68. The number of hydrogen-bond acceptors (Lipinski definition) is 3. The molecule has 25 heavy (non-hydrogen) atoms. The second-order valence-corrected chi connectivity index (χ2v) is 6.41. The molecule has 0 heterocycles. The van der Waals surface area contributed by atoms with E-state index in [4.69, 9.17) is 15.6 Å². The molecule has 0 aliphatic rings. The smallest absolute Gasteiger partial charge is 0.306 e. The number of carboxylic acid groups (broad SMARTS) is 1. The molecule has 0 saturated carbocycles. The van der Waals surface area contributed by atoms with E-state index in [1.54, 1.807) is 6.92 Å². The van der Waals surface area contributed by atoms with Crippen molar-refractivity contribution in [2.45, 2.75) is 39.5 Å². The number of hydrogen-bond donors (Lipinski definition) is 2. The zero-order valence-electron chi connectivity index (χ0n) is 15.0. The molecule has 3 N–H and O–H groups in total. The Morgan fingerprint density at radius 1 is 1.24 bits per heavy atom. The van der Waals surface area contributed by atoms with Crippen LogP contribution in [-0.4, -0.2) is 17.7 Å². The van der Waals surface area contributed by atoms with E-state index in [1.807, 2.05) is 36.4 Å². The Hall–Kier alpha value is -2.49. The number of benzene rings is 2. The number of aryl methyl sites for hydroxylation is 1. The molecule has 1 atom stereocenters. The van der Waals surface area contributed by atoms with Gasteiger partial charge in [0.2, 0.25) is 0 Å². The minimum Gasteiger partial charge on any atom is -0.491 e. The summed E-state index contributed by atoms with van der Waals surface area (Å²) in [4.78, 5) is 11.0. The van der Waals surface area contributed by atoms with Crippen LogP contribution >= 0.6 is 0 Å². The van der Waals surface area contributed by atoms with Crippen molar-refractivity contribution < 1.29 is 14.6 Å². The lowest BCUT2D eigenvalue weighted by Crippen LogP contribution is -2.10. The highest BCUT2D eigenvalue weighted by Crippen LogP contribution is 2.37. The van der Waals surface area contributed by atoms with Gasteiger partial charge >= 0.3 is 5.97 Å². The van der Waals surface area contributed by atoms with Crippen molar-refractivity contribution >= 4 is 11.7 Å². The molecule has 2 aromatic carbocycles. The minimum absolute atomic E-state index is 0.373. The van der Waals surface area contributed by atoms with E-state index in [9.17, 15) is 4.79 Å². The number of carboxylic acids is 1. The zero-order valence-corrected chi connectivity index (χ0v) is 15.0. The summed E-state index contributed by atoms with van der Waals surface area (Å²) in [6, 6.07) is 14.0. The maximum Gasteiger partial charge on any atom is 0.306 e. The van der Waals surface area contributed by atoms with Gasteiger partial charge in [-0.1, -0.05) is 50.6 Å². The lowest BCUT2D eigenvalue weighted by atomic mass is 9.96. The van der Waals surface area contributed by atoms with Crippen LogP contribution in [0.3, 0.4) is 0 Å². The third-order valence-electron chi connectivity index (χ3n) is 4.29. The van der Waals surface area contributed by atoms with Gasteiger partial charge in [-0.15, -0.1) is 0 Å². The molecule has 134 valence electrons. The van der Waals surface area contributed by atoms with Crippen molar-refractivity contribution in [1.29, 1.82) is 0 Å². The number of nitrogen functional groups attached to an aromatic ring is 1. The fourth-order valence-corrected chi connectivity index (χ4v) is 2.68. The Balaban J connectivity index is 2.32. The van der Waals surface area contributed by atoms with Crippen LogP contribution in [0.4, 0.5) is 5.69 Å². The van der Waals surface area contributed by atoms with E-state index in [1.165, 1.54) is 0 Å². The first-order valence-electron chi connectivity index (χ1n) is 8.86. The Bertz CT molecular complexity index is 698. The average Bonchev–Trinajstić information content (AvgIpc) is 2.61. The Morgan fingerprint density at radius 2 is 1.96 bits per heavy atom. The van der Waals surface area contributed by atoms with E-state index in [2.05, 4.69) is 13.0 Å². The van der Waals surface area contributed by atoms with E-state index in [-0.39, 0.29) is 5.92 Å². The molecule has 0 spiro atoms. The maximum atomic E-state index is 11.0. The summed E-state index contributed by atoms with van der Waals surface area (Å²) in [5, 5.41) is 9.07. The highest BCUT2D eigenvalue weighted by Gasteiger charge is 2.15. The highest BCUT2D eigenvalue weighted by atomic mass is 16.5. The first kappa shape index (κ1) is 18.8. The van der Waals surface area contributed by atoms with Gasteiger partial charge in [-0.05, 0) is 42.5 Å². The first-order valence-corrected chi connectivity index (χ1v) is 8.86. The second-order valence-electron chi connectivity index (χ2n) is 6.41. The van der Waals surface area contributed by atoms with Crippen molar-refractivity contribution in [3.63, 3.8) is 0 Å². The molecule has 4 nitrogen and oxygen atoms in total. The molecule has 0 aromatic heterocycles. The minimum atomic E-state index is -0.768. The molecule has 4 heteroatoms. The number of aliphatic carboxylic acids is 1. The predicted molar refractivity (Wildman–Crippen MR) is 102 cm³/mol. The van der Waals surface area contributed by atoms with Crippen LogP contribution in [0.1, 0.15) is 38.7 Å². The summed E-state index contributed by atoms with van der Waals surface area (Å²) in [5.41, 5.74) is 9.93. The van der Waals surface area contributed by atoms with Gasteiger partial charge < -0.3 is 15.6 Å².